The van der Waals surface area contributed by atoms with Gasteiger partial charge in [0.2, 0.25) is 0 Å². The third kappa shape index (κ3) is 4.61. The second-order valence-corrected chi connectivity index (χ2v) is 7.95. The number of carbonyl (C=O) groups excluding carboxylic acids is 1. The van der Waals surface area contributed by atoms with Crippen LogP contribution in [0.15, 0.2) is 60.2 Å². The van der Waals surface area contributed by atoms with Crippen LogP contribution in [-0.4, -0.2) is 40.3 Å². The van der Waals surface area contributed by atoms with Crippen molar-refractivity contribution in [3.8, 4) is 5.69 Å². The average molecular weight is 396 g/mol. The topological polar surface area (TPSA) is 62.2 Å². The van der Waals surface area contributed by atoms with Crippen LogP contribution in [0.1, 0.15) is 29.3 Å². The number of rotatable bonds is 7. The van der Waals surface area contributed by atoms with Crippen molar-refractivity contribution in [2.24, 2.45) is 0 Å². The first-order chi connectivity index (χ1) is 13.8. The minimum atomic E-state index is -0.145. The van der Waals surface area contributed by atoms with Gasteiger partial charge in [0.05, 0.1) is 17.9 Å². The van der Waals surface area contributed by atoms with Crippen molar-refractivity contribution in [2.75, 3.05) is 19.6 Å². The summed E-state index contributed by atoms with van der Waals surface area (Å²) in [5, 5.41) is 12.4. The number of benzene rings is 1. The predicted molar refractivity (Wildman–Crippen MR) is 112 cm³/mol. The molecule has 1 aliphatic rings. The Hall–Kier alpha value is -2.64. The second kappa shape index (κ2) is 9.03. The summed E-state index contributed by atoms with van der Waals surface area (Å²) in [5.41, 5.74) is 1.97. The fourth-order valence-electron chi connectivity index (χ4n) is 3.55. The summed E-state index contributed by atoms with van der Waals surface area (Å²) in [6, 6.07) is 14.3. The lowest BCUT2D eigenvalue weighted by Gasteiger charge is -2.26. The van der Waals surface area contributed by atoms with Crippen LogP contribution in [0.3, 0.4) is 0 Å². The highest BCUT2D eigenvalue weighted by Gasteiger charge is 2.24. The first-order valence-corrected chi connectivity index (χ1v) is 10.6. The lowest BCUT2D eigenvalue weighted by Crippen LogP contribution is -2.41. The molecule has 146 valence electrons. The van der Waals surface area contributed by atoms with Crippen LogP contribution < -0.4 is 10.6 Å². The van der Waals surface area contributed by atoms with E-state index in [-0.39, 0.29) is 12.1 Å². The molecule has 2 aromatic heterocycles. The fraction of sp³-hybridized carbons (Fsp3) is 0.333. The molecule has 1 aromatic carbocycles. The normalized spacial score (nSPS) is 15.4. The number of nitrogens with zero attached hydrogens (tertiary/aromatic N) is 3. The van der Waals surface area contributed by atoms with Crippen LogP contribution in [0.2, 0.25) is 0 Å². The fourth-order valence-corrected chi connectivity index (χ4v) is 4.41. The van der Waals surface area contributed by atoms with E-state index in [1.165, 1.54) is 17.7 Å². The number of likely N-dealkylation sites (tertiary alicyclic amines) is 1. The van der Waals surface area contributed by atoms with Crippen molar-refractivity contribution in [2.45, 2.75) is 25.4 Å². The summed E-state index contributed by atoms with van der Waals surface area (Å²) in [5.74, 6) is 0. The van der Waals surface area contributed by atoms with E-state index in [1.54, 1.807) is 17.5 Å². The Morgan fingerprint density at radius 2 is 1.93 bits per heavy atom. The Kier molecular flexibility index (Phi) is 6.04. The lowest BCUT2D eigenvalue weighted by molar-refractivity contribution is 0.222. The number of hydrogen-bond donors (Lipinski definition) is 2. The molecule has 2 amide bonds. The average Bonchev–Trinajstić information content (AvgIpc) is 3.50. The maximum Gasteiger partial charge on any atom is 0.315 e. The van der Waals surface area contributed by atoms with Crippen molar-refractivity contribution in [3.05, 3.63) is 70.7 Å². The first-order valence-electron chi connectivity index (χ1n) is 9.68. The molecule has 0 bridgehead atoms. The SMILES string of the molecule is O=C(NCc1cnn(-c2ccccc2)c1)NCC(c1cccs1)N1CCCC1. The van der Waals surface area contributed by atoms with E-state index in [2.05, 4.69) is 38.1 Å². The summed E-state index contributed by atoms with van der Waals surface area (Å²) in [4.78, 5) is 16.1. The van der Waals surface area contributed by atoms with E-state index < -0.39 is 0 Å². The van der Waals surface area contributed by atoms with Crippen molar-refractivity contribution < 1.29 is 4.79 Å². The van der Waals surface area contributed by atoms with Crippen molar-refractivity contribution >= 4 is 17.4 Å². The molecule has 1 fully saturated rings. The molecule has 3 heterocycles. The number of para-hydroxylation sites is 1. The highest BCUT2D eigenvalue weighted by atomic mass is 32.1. The van der Waals surface area contributed by atoms with Crippen LogP contribution in [0.25, 0.3) is 5.69 Å². The quantitative estimate of drug-likeness (QED) is 0.643. The number of aromatic nitrogens is 2. The van der Waals surface area contributed by atoms with E-state index in [0.29, 0.717) is 13.1 Å². The molecule has 0 aliphatic carbocycles. The van der Waals surface area contributed by atoms with E-state index in [4.69, 9.17) is 0 Å². The Bertz CT molecular complexity index is 871. The van der Waals surface area contributed by atoms with Gasteiger partial charge in [0.25, 0.3) is 0 Å². The van der Waals surface area contributed by atoms with Gasteiger partial charge in [-0.05, 0) is 49.5 Å². The smallest absolute Gasteiger partial charge is 0.315 e. The number of nitrogens with one attached hydrogen (secondary N) is 2. The van der Waals surface area contributed by atoms with Gasteiger partial charge in [0.15, 0.2) is 0 Å². The zero-order valence-corrected chi connectivity index (χ0v) is 16.6. The molecule has 0 radical (unpaired) electrons. The van der Waals surface area contributed by atoms with E-state index in [9.17, 15) is 4.79 Å². The Labute approximate surface area is 169 Å². The highest BCUT2D eigenvalue weighted by molar-refractivity contribution is 7.10. The van der Waals surface area contributed by atoms with Crippen LogP contribution >= 0.6 is 11.3 Å². The molecule has 2 N–H and O–H groups in total. The van der Waals surface area contributed by atoms with E-state index in [1.807, 2.05) is 41.2 Å². The minimum Gasteiger partial charge on any atom is -0.336 e. The molecule has 6 nitrogen and oxygen atoms in total. The Balaban J connectivity index is 1.29. The number of thiophene rings is 1. The lowest BCUT2D eigenvalue weighted by atomic mass is 10.2. The van der Waals surface area contributed by atoms with Gasteiger partial charge in [-0.15, -0.1) is 11.3 Å². The van der Waals surface area contributed by atoms with Crippen molar-refractivity contribution in [1.29, 1.82) is 0 Å². The molecule has 0 spiro atoms. The predicted octanol–water partition coefficient (Wildman–Crippen LogP) is 3.57. The van der Waals surface area contributed by atoms with Gasteiger partial charge in [-0.25, -0.2) is 9.48 Å². The number of carbonyl (C=O) groups is 1. The number of urea groups is 1. The first kappa shape index (κ1) is 18.7. The summed E-state index contributed by atoms with van der Waals surface area (Å²) in [6.45, 7) is 3.27. The molecule has 3 aromatic rings. The third-order valence-electron chi connectivity index (χ3n) is 5.02. The second-order valence-electron chi connectivity index (χ2n) is 6.97. The monoisotopic (exact) mass is 395 g/mol. The standard InChI is InChI=1S/C21H25N5OS/c27-21(22-13-17-14-24-26(16-17)18-7-2-1-3-8-18)23-15-19(20-9-6-12-28-20)25-10-4-5-11-25/h1-3,6-9,12,14,16,19H,4-5,10-11,13,15H2,(H2,22,23,27). The molecule has 1 aliphatic heterocycles. The van der Waals surface area contributed by atoms with E-state index in [0.717, 1.165) is 24.3 Å². The molecule has 1 unspecified atom stereocenters. The molecular weight excluding hydrogens is 370 g/mol. The largest absolute Gasteiger partial charge is 0.336 e. The minimum absolute atomic E-state index is 0.145. The number of hydrogen-bond acceptors (Lipinski definition) is 4. The van der Waals surface area contributed by atoms with Gasteiger partial charge in [-0.2, -0.15) is 5.10 Å². The zero-order chi connectivity index (χ0) is 19.2. The Morgan fingerprint density at radius 1 is 1.11 bits per heavy atom. The third-order valence-corrected chi connectivity index (χ3v) is 5.99. The molecule has 28 heavy (non-hydrogen) atoms. The molecule has 0 saturated carbocycles. The number of amides is 2. The summed E-state index contributed by atoms with van der Waals surface area (Å²) < 4.78 is 1.81. The van der Waals surface area contributed by atoms with Crippen molar-refractivity contribution in [3.63, 3.8) is 0 Å². The zero-order valence-electron chi connectivity index (χ0n) is 15.8. The molecule has 7 heteroatoms. The molecule has 1 atom stereocenters. The van der Waals surface area contributed by atoms with Gasteiger partial charge in [0, 0.05) is 29.7 Å². The van der Waals surface area contributed by atoms with Crippen molar-refractivity contribution in [1.82, 2.24) is 25.3 Å². The summed E-state index contributed by atoms with van der Waals surface area (Å²) in [7, 11) is 0. The van der Waals surface area contributed by atoms with E-state index >= 15 is 0 Å². The van der Waals surface area contributed by atoms with Crippen LogP contribution in [0, 0.1) is 0 Å². The summed E-state index contributed by atoms with van der Waals surface area (Å²) in [6.07, 6.45) is 6.19. The highest BCUT2D eigenvalue weighted by Crippen LogP contribution is 2.27. The maximum atomic E-state index is 12.3. The van der Waals surface area contributed by atoms with Gasteiger partial charge >= 0.3 is 6.03 Å². The van der Waals surface area contributed by atoms with Gasteiger partial charge in [0.1, 0.15) is 0 Å². The molecular formula is C21H25N5OS. The molecule has 1 saturated heterocycles. The van der Waals surface area contributed by atoms with Crippen LogP contribution in [-0.2, 0) is 6.54 Å². The molecule has 4 rings (SSSR count). The van der Waals surface area contributed by atoms with Gasteiger partial charge in [-0.3, -0.25) is 4.90 Å². The Morgan fingerprint density at radius 3 is 2.68 bits per heavy atom. The summed E-state index contributed by atoms with van der Waals surface area (Å²) >= 11 is 1.76. The van der Waals surface area contributed by atoms with Crippen LogP contribution in [0.4, 0.5) is 4.79 Å². The van der Waals surface area contributed by atoms with Crippen LogP contribution in [0.5, 0.6) is 0 Å². The van der Waals surface area contributed by atoms with Gasteiger partial charge in [-0.1, -0.05) is 24.3 Å². The maximum absolute atomic E-state index is 12.3. The van der Waals surface area contributed by atoms with Gasteiger partial charge < -0.3 is 10.6 Å².